The molecule has 1 aromatic rings. The van der Waals surface area contributed by atoms with Gasteiger partial charge in [0.1, 0.15) is 0 Å². The van der Waals surface area contributed by atoms with Crippen LogP contribution < -0.4 is 5.32 Å². The molecule has 21 heavy (non-hydrogen) atoms. The molecule has 1 fully saturated rings. The lowest BCUT2D eigenvalue weighted by atomic mass is 9.74. The van der Waals surface area contributed by atoms with Crippen LogP contribution in [0.25, 0.3) is 0 Å². The molecule has 1 aromatic carbocycles. The molecule has 0 aromatic heterocycles. The van der Waals surface area contributed by atoms with E-state index in [1.54, 1.807) is 0 Å². The van der Waals surface area contributed by atoms with Gasteiger partial charge in [-0.15, -0.1) is 0 Å². The highest BCUT2D eigenvalue weighted by atomic mass is 14.9. The summed E-state index contributed by atoms with van der Waals surface area (Å²) in [4.78, 5) is 0. The molecule has 0 spiro atoms. The lowest BCUT2D eigenvalue weighted by Crippen LogP contribution is -2.41. The van der Waals surface area contributed by atoms with Crippen LogP contribution in [0.3, 0.4) is 0 Å². The molecule has 118 valence electrons. The number of aryl methyl sites for hydroxylation is 2. The van der Waals surface area contributed by atoms with E-state index >= 15 is 0 Å². The van der Waals surface area contributed by atoms with E-state index in [9.17, 15) is 0 Å². The summed E-state index contributed by atoms with van der Waals surface area (Å²) in [6, 6.07) is 7.79. The van der Waals surface area contributed by atoms with Crippen LogP contribution in [0.15, 0.2) is 18.2 Å². The Morgan fingerprint density at radius 3 is 2.38 bits per heavy atom. The first-order valence-electron chi connectivity index (χ1n) is 8.92. The van der Waals surface area contributed by atoms with Crippen LogP contribution in [-0.2, 0) is 6.42 Å². The first-order chi connectivity index (χ1) is 10.1. The molecule has 1 N–H and O–H groups in total. The molecular formula is C20H33N. The van der Waals surface area contributed by atoms with Gasteiger partial charge in [-0.2, -0.15) is 0 Å². The van der Waals surface area contributed by atoms with E-state index in [2.05, 4.69) is 51.2 Å². The van der Waals surface area contributed by atoms with E-state index in [0.717, 1.165) is 24.4 Å². The molecule has 1 aliphatic carbocycles. The number of hydrogen-bond donors (Lipinski definition) is 1. The maximum atomic E-state index is 3.75. The van der Waals surface area contributed by atoms with Crippen LogP contribution in [0.5, 0.6) is 0 Å². The van der Waals surface area contributed by atoms with Gasteiger partial charge in [-0.3, -0.25) is 0 Å². The van der Waals surface area contributed by atoms with Gasteiger partial charge in [0, 0.05) is 6.04 Å². The second-order valence-electron chi connectivity index (χ2n) is 7.09. The summed E-state index contributed by atoms with van der Waals surface area (Å²) in [7, 11) is 0. The monoisotopic (exact) mass is 287 g/mol. The zero-order chi connectivity index (χ0) is 15.2. The molecule has 2 rings (SSSR count). The summed E-state index contributed by atoms with van der Waals surface area (Å²) in [6.45, 7) is 10.1. The van der Waals surface area contributed by atoms with Crippen molar-refractivity contribution in [3.8, 4) is 0 Å². The molecule has 0 saturated heterocycles. The maximum absolute atomic E-state index is 3.75. The Morgan fingerprint density at radius 2 is 1.76 bits per heavy atom. The van der Waals surface area contributed by atoms with Crippen molar-refractivity contribution in [3.05, 3.63) is 34.9 Å². The molecule has 3 unspecified atom stereocenters. The number of benzene rings is 1. The average molecular weight is 287 g/mol. The predicted octanol–water partition coefficient (Wildman–Crippen LogP) is 5.04. The van der Waals surface area contributed by atoms with Gasteiger partial charge in [-0.1, -0.05) is 56.0 Å². The van der Waals surface area contributed by atoms with Crippen molar-refractivity contribution < 1.29 is 0 Å². The zero-order valence-corrected chi connectivity index (χ0v) is 14.4. The minimum atomic E-state index is 0.726. The van der Waals surface area contributed by atoms with Gasteiger partial charge in [0.2, 0.25) is 0 Å². The summed E-state index contributed by atoms with van der Waals surface area (Å²) >= 11 is 0. The molecule has 1 nitrogen and oxygen atoms in total. The van der Waals surface area contributed by atoms with Crippen molar-refractivity contribution in [1.82, 2.24) is 5.32 Å². The Balaban J connectivity index is 2.07. The van der Waals surface area contributed by atoms with Crippen LogP contribution in [0.2, 0.25) is 0 Å². The van der Waals surface area contributed by atoms with Crippen molar-refractivity contribution in [3.63, 3.8) is 0 Å². The first kappa shape index (κ1) is 16.5. The molecule has 1 saturated carbocycles. The van der Waals surface area contributed by atoms with Gasteiger partial charge in [0.05, 0.1) is 0 Å². The number of nitrogens with one attached hydrogen (secondary N) is 1. The van der Waals surface area contributed by atoms with Crippen molar-refractivity contribution in [2.75, 3.05) is 6.54 Å². The fourth-order valence-corrected chi connectivity index (χ4v) is 4.28. The van der Waals surface area contributed by atoms with Crippen LogP contribution in [0.1, 0.15) is 62.6 Å². The summed E-state index contributed by atoms with van der Waals surface area (Å²) in [5, 5.41) is 3.75. The lowest BCUT2D eigenvalue weighted by molar-refractivity contribution is 0.195. The minimum Gasteiger partial charge on any atom is -0.314 e. The topological polar surface area (TPSA) is 12.0 Å². The van der Waals surface area contributed by atoms with Gasteiger partial charge in [-0.05, 0) is 63.5 Å². The third-order valence-electron chi connectivity index (χ3n) is 5.03. The van der Waals surface area contributed by atoms with Crippen LogP contribution in [0.4, 0.5) is 0 Å². The minimum absolute atomic E-state index is 0.726. The predicted molar refractivity (Wildman–Crippen MR) is 92.8 cm³/mol. The second kappa shape index (κ2) is 7.98. The van der Waals surface area contributed by atoms with Gasteiger partial charge >= 0.3 is 0 Å². The van der Waals surface area contributed by atoms with E-state index in [1.807, 2.05) is 0 Å². The molecule has 0 heterocycles. The molecule has 1 aliphatic rings. The number of hydrogen-bond acceptors (Lipinski definition) is 1. The van der Waals surface area contributed by atoms with E-state index in [1.165, 1.54) is 55.2 Å². The highest BCUT2D eigenvalue weighted by molar-refractivity contribution is 5.29. The molecule has 0 amide bonds. The normalized spacial score (nSPS) is 26.0. The summed E-state index contributed by atoms with van der Waals surface area (Å²) in [5.41, 5.74) is 4.36. The third kappa shape index (κ3) is 4.85. The zero-order valence-electron chi connectivity index (χ0n) is 14.4. The Labute approximate surface area is 131 Å². The van der Waals surface area contributed by atoms with Crippen LogP contribution in [-0.4, -0.2) is 12.6 Å². The summed E-state index contributed by atoms with van der Waals surface area (Å²) in [5.74, 6) is 1.78. The fourth-order valence-electron chi connectivity index (χ4n) is 4.28. The van der Waals surface area contributed by atoms with E-state index < -0.39 is 0 Å². The van der Waals surface area contributed by atoms with E-state index in [4.69, 9.17) is 0 Å². The largest absolute Gasteiger partial charge is 0.314 e. The van der Waals surface area contributed by atoms with Crippen molar-refractivity contribution >= 4 is 0 Å². The van der Waals surface area contributed by atoms with Gasteiger partial charge < -0.3 is 5.32 Å². The van der Waals surface area contributed by atoms with Crippen molar-refractivity contribution in [2.24, 2.45) is 11.8 Å². The Morgan fingerprint density at radius 1 is 1.05 bits per heavy atom. The second-order valence-corrected chi connectivity index (χ2v) is 7.09. The summed E-state index contributed by atoms with van der Waals surface area (Å²) < 4.78 is 0. The quantitative estimate of drug-likeness (QED) is 0.773. The van der Waals surface area contributed by atoms with Crippen molar-refractivity contribution in [2.45, 2.75) is 72.3 Å². The molecule has 0 aliphatic heterocycles. The molecule has 1 heteroatoms. The maximum Gasteiger partial charge on any atom is 0.00985 e. The van der Waals surface area contributed by atoms with Gasteiger partial charge in [0.25, 0.3) is 0 Å². The highest BCUT2D eigenvalue weighted by Gasteiger charge is 2.29. The van der Waals surface area contributed by atoms with Gasteiger partial charge in [-0.25, -0.2) is 0 Å². The fraction of sp³-hybridized carbons (Fsp3) is 0.700. The molecular weight excluding hydrogens is 254 g/mol. The third-order valence-corrected chi connectivity index (χ3v) is 5.03. The first-order valence-corrected chi connectivity index (χ1v) is 8.92. The Kier molecular flexibility index (Phi) is 6.29. The van der Waals surface area contributed by atoms with Crippen molar-refractivity contribution in [1.29, 1.82) is 0 Å². The Hall–Kier alpha value is -0.820. The standard InChI is InChI=1S/C20H33N/c1-5-7-17-8-9-20(21-6-2)19(13-17)14-18-11-15(3)10-16(4)12-18/h10-12,17,19-21H,5-9,13-14H2,1-4H3. The molecule has 0 radical (unpaired) electrons. The summed E-state index contributed by atoms with van der Waals surface area (Å²) in [6.07, 6.45) is 8.22. The van der Waals surface area contributed by atoms with Crippen LogP contribution in [0, 0.1) is 25.7 Å². The molecule has 0 bridgehead atoms. The smallest absolute Gasteiger partial charge is 0.00985 e. The molecule has 3 atom stereocenters. The lowest BCUT2D eigenvalue weighted by Gasteiger charge is -2.37. The van der Waals surface area contributed by atoms with E-state index in [0.29, 0.717) is 0 Å². The average Bonchev–Trinajstić information content (AvgIpc) is 2.41. The van der Waals surface area contributed by atoms with Gasteiger partial charge in [0.15, 0.2) is 0 Å². The SMILES string of the molecule is CCCC1CCC(NCC)C(Cc2cc(C)cc(C)c2)C1. The van der Waals surface area contributed by atoms with E-state index in [-0.39, 0.29) is 0 Å². The highest BCUT2D eigenvalue weighted by Crippen LogP contribution is 2.34. The number of rotatable bonds is 6. The van der Waals surface area contributed by atoms with Crippen LogP contribution >= 0.6 is 0 Å². The Bertz CT molecular complexity index is 417.